The van der Waals surface area contributed by atoms with Crippen LogP contribution in [0.3, 0.4) is 0 Å². The van der Waals surface area contributed by atoms with Gasteiger partial charge in [-0.15, -0.1) is 11.3 Å². The quantitative estimate of drug-likeness (QED) is 0.935. The van der Waals surface area contributed by atoms with Crippen molar-refractivity contribution in [1.82, 2.24) is 4.98 Å². The van der Waals surface area contributed by atoms with E-state index in [0.29, 0.717) is 5.13 Å². The molecule has 1 saturated heterocycles. The molecule has 100 valence electrons. The second-order valence-electron chi connectivity index (χ2n) is 4.65. The third-order valence-electron chi connectivity index (χ3n) is 3.58. The normalized spacial score (nSPS) is 22.9. The van der Waals surface area contributed by atoms with Crippen LogP contribution in [-0.2, 0) is 4.74 Å². The average molecular weight is 275 g/mol. The zero-order chi connectivity index (χ0) is 13.2. The van der Waals surface area contributed by atoms with Gasteiger partial charge in [-0.2, -0.15) is 0 Å². The predicted octanol–water partition coefficient (Wildman–Crippen LogP) is 2.69. The van der Waals surface area contributed by atoms with Gasteiger partial charge in [-0.3, -0.25) is 0 Å². The van der Waals surface area contributed by atoms with Gasteiger partial charge in [0, 0.05) is 24.7 Å². The fourth-order valence-electron chi connectivity index (χ4n) is 2.71. The number of hydrogen-bond donors (Lipinski definition) is 1. The zero-order valence-electron chi connectivity index (χ0n) is 10.8. The number of para-hydroxylation sites is 1. The van der Waals surface area contributed by atoms with Gasteiger partial charge in [0.25, 0.3) is 0 Å². The largest absolute Gasteiger partial charge is 0.379 e. The summed E-state index contributed by atoms with van der Waals surface area (Å²) in [6.45, 7) is 0.977. The van der Waals surface area contributed by atoms with Crippen molar-refractivity contribution in [2.24, 2.45) is 0 Å². The number of rotatable bonds is 3. The fourth-order valence-corrected chi connectivity index (χ4v) is 3.30. The predicted molar refractivity (Wildman–Crippen MR) is 78.5 cm³/mol. The van der Waals surface area contributed by atoms with Crippen LogP contribution in [0.4, 0.5) is 10.8 Å². The van der Waals surface area contributed by atoms with Crippen LogP contribution in [-0.4, -0.2) is 24.7 Å². The van der Waals surface area contributed by atoms with Crippen molar-refractivity contribution in [2.45, 2.75) is 18.6 Å². The number of nitrogens with two attached hydrogens (primary N) is 1. The van der Waals surface area contributed by atoms with E-state index >= 15 is 0 Å². The number of benzene rings is 1. The van der Waals surface area contributed by atoms with Crippen LogP contribution in [0.15, 0.2) is 35.7 Å². The SMILES string of the molecule is CO[C@@H]1CCN(c2ccccc2)[C@H]1c1csc(N)n1. The molecule has 0 saturated carbocycles. The summed E-state index contributed by atoms with van der Waals surface area (Å²) in [5.74, 6) is 0. The molecule has 0 amide bonds. The molecule has 0 spiro atoms. The molecule has 1 aromatic heterocycles. The maximum atomic E-state index is 5.77. The van der Waals surface area contributed by atoms with Gasteiger partial charge in [0.2, 0.25) is 0 Å². The standard InChI is InChI=1S/C14H17N3OS/c1-18-12-7-8-17(10-5-3-2-4-6-10)13(12)11-9-19-14(15)16-11/h2-6,9,12-13H,7-8H2,1H3,(H2,15,16)/t12-,13+/m1/s1. The Bertz CT molecular complexity index is 543. The summed E-state index contributed by atoms with van der Waals surface area (Å²) in [6, 6.07) is 10.6. The number of hydrogen-bond acceptors (Lipinski definition) is 5. The van der Waals surface area contributed by atoms with Crippen molar-refractivity contribution >= 4 is 22.2 Å². The van der Waals surface area contributed by atoms with Crippen LogP contribution in [0.25, 0.3) is 0 Å². The summed E-state index contributed by atoms with van der Waals surface area (Å²) in [7, 11) is 1.77. The molecule has 3 rings (SSSR count). The summed E-state index contributed by atoms with van der Waals surface area (Å²) in [4.78, 5) is 6.79. The van der Waals surface area contributed by atoms with Crippen molar-refractivity contribution in [1.29, 1.82) is 0 Å². The number of aromatic nitrogens is 1. The smallest absolute Gasteiger partial charge is 0.180 e. The Hall–Kier alpha value is -1.59. The van der Waals surface area contributed by atoms with Gasteiger partial charge in [-0.05, 0) is 18.6 Å². The topological polar surface area (TPSA) is 51.4 Å². The summed E-state index contributed by atoms with van der Waals surface area (Å²) in [6.07, 6.45) is 1.18. The van der Waals surface area contributed by atoms with Gasteiger partial charge in [0.1, 0.15) is 0 Å². The highest BCUT2D eigenvalue weighted by Gasteiger charge is 2.37. The molecule has 1 aliphatic rings. The lowest BCUT2D eigenvalue weighted by molar-refractivity contribution is 0.0946. The number of anilines is 2. The van der Waals surface area contributed by atoms with Crippen LogP contribution in [0.1, 0.15) is 18.2 Å². The first-order chi connectivity index (χ1) is 9.29. The summed E-state index contributed by atoms with van der Waals surface area (Å²) in [5, 5.41) is 2.65. The number of nitrogens with zero attached hydrogens (tertiary/aromatic N) is 2. The highest BCUT2D eigenvalue weighted by Crippen LogP contribution is 2.38. The molecule has 0 unspecified atom stereocenters. The Morgan fingerprint density at radius 2 is 2.16 bits per heavy atom. The lowest BCUT2D eigenvalue weighted by Crippen LogP contribution is -2.28. The first-order valence-electron chi connectivity index (χ1n) is 6.35. The van der Waals surface area contributed by atoms with Crippen LogP contribution in [0.5, 0.6) is 0 Å². The molecular formula is C14H17N3OS. The molecule has 5 heteroatoms. The van der Waals surface area contributed by atoms with Crippen LogP contribution in [0.2, 0.25) is 0 Å². The first kappa shape index (κ1) is 12.4. The lowest BCUT2D eigenvalue weighted by Gasteiger charge is -2.28. The number of methoxy groups -OCH3 is 1. The van der Waals surface area contributed by atoms with Gasteiger partial charge in [0.05, 0.1) is 17.8 Å². The van der Waals surface area contributed by atoms with Crippen LogP contribution < -0.4 is 10.6 Å². The van der Waals surface area contributed by atoms with E-state index in [9.17, 15) is 0 Å². The fraction of sp³-hybridized carbons (Fsp3) is 0.357. The minimum Gasteiger partial charge on any atom is -0.379 e. The Labute approximate surface area is 116 Å². The van der Waals surface area contributed by atoms with Crippen molar-refractivity contribution in [3.8, 4) is 0 Å². The Morgan fingerprint density at radius 1 is 1.37 bits per heavy atom. The maximum absolute atomic E-state index is 5.77. The summed E-state index contributed by atoms with van der Waals surface area (Å²) in [5.41, 5.74) is 7.98. The molecule has 2 atom stereocenters. The molecular weight excluding hydrogens is 258 g/mol. The molecule has 2 heterocycles. The van der Waals surface area contributed by atoms with Crippen molar-refractivity contribution in [3.63, 3.8) is 0 Å². The average Bonchev–Trinajstić information content (AvgIpc) is 3.05. The minimum atomic E-state index is 0.154. The van der Waals surface area contributed by atoms with E-state index < -0.39 is 0 Å². The van der Waals surface area contributed by atoms with Crippen molar-refractivity contribution < 1.29 is 4.74 Å². The molecule has 1 fully saturated rings. The molecule has 1 aromatic carbocycles. The molecule has 2 aromatic rings. The molecule has 19 heavy (non-hydrogen) atoms. The number of nitrogen functional groups attached to an aromatic ring is 1. The van der Waals surface area contributed by atoms with E-state index in [-0.39, 0.29) is 12.1 Å². The first-order valence-corrected chi connectivity index (χ1v) is 7.23. The van der Waals surface area contributed by atoms with Gasteiger partial charge >= 0.3 is 0 Å². The van der Waals surface area contributed by atoms with E-state index in [4.69, 9.17) is 10.5 Å². The Morgan fingerprint density at radius 3 is 2.79 bits per heavy atom. The Balaban J connectivity index is 1.96. The highest BCUT2D eigenvalue weighted by atomic mass is 32.1. The van der Waals surface area contributed by atoms with Gasteiger partial charge in [0.15, 0.2) is 5.13 Å². The lowest BCUT2D eigenvalue weighted by atomic mass is 10.1. The van der Waals surface area contributed by atoms with Crippen LogP contribution in [0, 0.1) is 0 Å². The van der Waals surface area contributed by atoms with Gasteiger partial charge in [-0.1, -0.05) is 18.2 Å². The zero-order valence-corrected chi connectivity index (χ0v) is 11.6. The van der Waals surface area contributed by atoms with Gasteiger partial charge in [-0.25, -0.2) is 4.98 Å². The molecule has 0 aliphatic carbocycles. The molecule has 0 radical (unpaired) electrons. The van der Waals surface area contributed by atoms with E-state index in [1.165, 1.54) is 17.0 Å². The number of ether oxygens (including phenoxy) is 1. The third kappa shape index (κ3) is 2.31. The van der Waals surface area contributed by atoms with E-state index in [0.717, 1.165) is 18.7 Å². The molecule has 2 N–H and O–H groups in total. The van der Waals surface area contributed by atoms with E-state index in [2.05, 4.69) is 34.1 Å². The second-order valence-corrected chi connectivity index (χ2v) is 5.54. The highest BCUT2D eigenvalue weighted by molar-refractivity contribution is 7.13. The van der Waals surface area contributed by atoms with E-state index in [1.807, 2.05) is 11.4 Å². The summed E-state index contributed by atoms with van der Waals surface area (Å²) >= 11 is 1.49. The monoisotopic (exact) mass is 275 g/mol. The molecule has 0 bridgehead atoms. The third-order valence-corrected chi connectivity index (χ3v) is 4.27. The van der Waals surface area contributed by atoms with Crippen molar-refractivity contribution in [3.05, 3.63) is 41.4 Å². The Kier molecular flexibility index (Phi) is 3.40. The molecule has 4 nitrogen and oxygen atoms in total. The van der Waals surface area contributed by atoms with Crippen molar-refractivity contribution in [2.75, 3.05) is 24.3 Å². The number of thiazole rings is 1. The van der Waals surface area contributed by atoms with Gasteiger partial charge < -0.3 is 15.4 Å². The summed E-state index contributed by atoms with van der Waals surface area (Å²) < 4.78 is 5.62. The maximum Gasteiger partial charge on any atom is 0.180 e. The molecule has 1 aliphatic heterocycles. The van der Waals surface area contributed by atoms with Crippen LogP contribution >= 0.6 is 11.3 Å². The minimum absolute atomic E-state index is 0.154. The second kappa shape index (κ2) is 5.19. The van der Waals surface area contributed by atoms with E-state index in [1.54, 1.807) is 7.11 Å².